The molecule has 0 aliphatic heterocycles. The standard InChI is InChI=1S/C24H39NO2/c1-4-5-6-7-8-9-10-11-12-13-14-24(26)27-25-20-22(3)19-23-17-15-21(2)16-18-23/h15-18,20,22H,4-14,19H2,1-3H3. The van der Waals surface area contributed by atoms with Crippen LogP contribution in [0.3, 0.4) is 0 Å². The zero-order valence-corrected chi connectivity index (χ0v) is 17.7. The van der Waals surface area contributed by atoms with Crippen LogP contribution in [-0.4, -0.2) is 12.2 Å². The Labute approximate surface area is 166 Å². The Kier molecular flexibility index (Phi) is 13.4. The Bertz CT molecular complexity index is 522. The quantitative estimate of drug-likeness (QED) is 0.143. The molecule has 0 radical (unpaired) electrons. The number of unbranched alkanes of at least 4 members (excludes halogenated alkanes) is 9. The van der Waals surface area contributed by atoms with Gasteiger partial charge in [-0.1, -0.05) is 107 Å². The summed E-state index contributed by atoms with van der Waals surface area (Å²) >= 11 is 0. The minimum absolute atomic E-state index is 0.214. The molecule has 3 nitrogen and oxygen atoms in total. The fourth-order valence-corrected chi connectivity index (χ4v) is 3.14. The van der Waals surface area contributed by atoms with Crippen molar-refractivity contribution in [3.63, 3.8) is 0 Å². The maximum Gasteiger partial charge on any atom is 0.334 e. The first-order valence-electron chi connectivity index (χ1n) is 10.9. The van der Waals surface area contributed by atoms with Crippen LogP contribution in [0.15, 0.2) is 29.4 Å². The van der Waals surface area contributed by atoms with Gasteiger partial charge in [0, 0.05) is 12.6 Å². The number of nitrogens with zero attached hydrogens (tertiary/aromatic N) is 1. The first-order valence-corrected chi connectivity index (χ1v) is 10.9. The highest BCUT2D eigenvalue weighted by atomic mass is 16.7. The summed E-state index contributed by atoms with van der Waals surface area (Å²) in [7, 11) is 0. The van der Waals surface area contributed by atoms with Gasteiger partial charge < -0.3 is 4.84 Å². The Morgan fingerprint density at radius 2 is 1.52 bits per heavy atom. The maximum absolute atomic E-state index is 11.7. The van der Waals surface area contributed by atoms with Gasteiger partial charge >= 0.3 is 5.97 Å². The Morgan fingerprint density at radius 1 is 0.963 bits per heavy atom. The van der Waals surface area contributed by atoms with E-state index in [4.69, 9.17) is 4.84 Å². The normalized spacial score (nSPS) is 12.4. The molecule has 1 aromatic carbocycles. The van der Waals surface area contributed by atoms with Gasteiger partial charge in [0.2, 0.25) is 0 Å². The predicted molar refractivity (Wildman–Crippen MR) is 115 cm³/mol. The van der Waals surface area contributed by atoms with Crippen molar-refractivity contribution in [1.29, 1.82) is 0 Å². The molecule has 0 amide bonds. The highest BCUT2D eigenvalue weighted by Gasteiger charge is 2.04. The zero-order chi connectivity index (χ0) is 19.7. The van der Waals surface area contributed by atoms with E-state index in [9.17, 15) is 4.79 Å². The number of benzene rings is 1. The highest BCUT2D eigenvalue weighted by molar-refractivity contribution is 5.70. The van der Waals surface area contributed by atoms with Crippen LogP contribution in [0.2, 0.25) is 0 Å². The van der Waals surface area contributed by atoms with Crippen LogP contribution >= 0.6 is 0 Å². The van der Waals surface area contributed by atoms with Crippen molar-refractivity contribution in [2.75, 3.05) is 0 Å². The molecule has 0 aromatic heterocycles. The summed E-state index contributed by atoms with van der Waals surface area (Å²) in [6.07, 6.45) is 15.8. The minimum atomic E-state index is -0.214. The molecule has 3 heteroatoms. The summed E-state index contributed by atoms with van der Waals surface area (Å²) in [6.45, 7) is 6.42. The first-order chi connectivity index (χ1) is 13.1. The SMILES string of the molecule is CCCCCCCCCCCCC(=O)ON=CC(C)Cc1ccc(C)cc1. The number of aryl methyl sites for hydroxylation is 1. The van der Waals surface area contributed by atoms with E-state index < -0.39 is 0 Å². The summed E-state index contributed by atoms with van der Waals surface area (Å²) in [6, 6.07) is 8.51. The summed E-state index contributed by atoms with van der Waals surface area (Å²) in [5.41, 5.74) is 2.54. The number of rotatable bonds is 15. The van der Waals surface area contributed by atoms with Crippen molar-refractivity contribution in [3.05, 3.63) is 35.4 Å². The van der Waals surface area contributed by atoms with Crippen molar-refractivity contribution < 1.29 is 9.63 Å². The molecule has 0 fully saturated rings. The smallest absolute Gasteiger partial charge is 0.319 e. The van der Waals surface area contributed by atoms with Gasteiger partial charge in [0.25, 0.3) is 0 Å². The van der Waals surface area contributed by atoms with Crippen molar-refractivity contribution >= 4 is 12.2 Å². The Balaban J connectivity index is 2.00. The number of hydrogen-bond donors (Lipinski definition) is 0. The second-order valence-electron chi connectivity index (χ2n) is 7.82. The van der Waals surface area contributed by atoms with E-state index in [0.29, 0.717) is 6.42 Å². The second-order valence-corrected chi connectivity index (χ2v) is 7.82. The Morgan fingerprint density at radius 3 is 2.11 bits per heavy atom. The van der Waals surface area contributed by atoms with Crippen LogP contribution in [0.1, 0.15) is 95.6 Å². The summed E-state index contributed by atoms with van der Waals surface area (Å²) < 4.78 is 0. The maximum atomic E-state index is 11.7. The molecule has 0 bridgehead atoms. The molecule has 1 rings (SSSR count). The molecule has 0 heterocycles. The van der Waals surface area contributed by atoms with Gasteiger partial charge in [0.1, 0.15) is 0 Å². The monoisotopic (exact) mass is 373 g/mol. The molecule has 1 unspecified atom stereocenters. The van der Waals surface area contributed by atoms with Crippen LogP contribution in [0.4, 0.5) is 0 Å². The van der Waals surface area contributed by atoms with Crippen molar-refractivity contribution in [1.82, 2.24) is 0 Å². The molecular weight excluding hydrogens is 334 g/mol. The highest BCUT2D eigenvalue weighted by Crippen LogP contribution is 2.12. The van der Waals surface area contributed by atoms with E-state index in [-0.39, 0.29) is 11.9 Å². The van der Waals surface area contributed by atoms with E-state index in [1.807, 2.05) is 0 Å². The van der Waals surface area contributed by atoms with E-state index in [1.165, 1.54) is 62.5 Å². The predicted octanol–water partition coefficient (Wildman–Crippen LogP) is 7.01. The fourth-order valence-electron chi connectivity index (χ4n) is 3.14. The summed E-state index contributed by atoms with van der Waals surface area (Å²) in [5, 5.41) is 3.87. The lowest BCUT2D eigenvalue weighted by atomic mass is 10.0. The third-order valence-electron chi connectivity index (χ3n) is 4.88. The molecule has 0 N–H and O–H groups in total. The third kappa shape index (κ3) is 13.2. The molecule has 0 aliphatic carbocycles. The van der Waals surface area contributed by atoms with Crippen LogP contribution in [0.5, 0.6) is 0 Å². The van der Waals surface area contributed by atoms with Crippen LogP contribution in [0, 0.1) is 12.8 Å². The van der Waals surface area contributed by atoms with Crippen LogP contribution < -0.4 is 0 Å². The molecular formula is C24H39NO2. The average Bonchev–Trinajstić information content (AvgIpc) is 2.65. The van der Waals surface area contributed by atoms with Crippen molar-refractivity contribution in [3.8, 4) is 0 Å². The first kappa shape index (κ1) is 23.4. The lowest BCUT2D eigenvalue weighted by molar-refractivity contribution is -0.143. The molecule has 1 aromatic rings. The van der Waals surface area contributed by atoms with E-state index in [1.54, 1.807) is 6.21 Å². The van der Waals surface area contributed by atoms with E-state index in [2.05, 4.69) is 50.2 Å². The molecule has 27 heavy (non-hydrogen) atoms. The molecule has 0 aliphatic rings. The molecule has 0 saturated carbocycles. The number of carbonyl (C=O) groups excluding carboxylic acids is 1. The van der Waals surface area contributed by atoms with E-state index in [0.717, 1.165) is 19.3 Å². The number of oxime groups is 1. The van der Waals surface area contributed by atoms with Gasteiger partial charge in [0.05, 0.1) is 0 Å². The van der Waals surface area contributed by atoms with Crippen LogP contribution in [0.25, 0.3) is 0 Å². The van der Waals surface area contributed by atoms with E-state index >= 15 is 0 Å². The van der Waals surface area contributed by atoms with Crippen LogP contribution in [-0.2, 0) is 16.1 Å². The third-order valence-corrected chi connectivity index (χ3v) is 4.88. The number of carbonyl (C=O) groups is 1. The summed E-state index contributed by atoms with van der Waals surface area (Å²) in [4.78, 5) is 16.7. The lowest BCUT2D eigenvalue weighted by Gasteiger charge is -2.06. The fraction of sp³-hybridized carbons (Fsp3) is 0.667. The minimum Gasteiger partial charge on any atom is -0.319 e. The van der Waals surface area contributed by atoms with Crippen molar-refractivity contribution in [2.24, 2.45) is 11.1 Å². The number of hydrogen-bond acceptors (Lipinski definition) is 3. The zero-order valence-electron chi connectivity index (χ0n) is 17.7. The summed E-state index contributed by atoms with van der Waals surface area (Å²) in [5.74, 6) is 0.0335. The average molecular weight is 374 g/mol. The molecule has 0 saturated heterocycles. The lowest BCUT2D eigenvalue weighted by Crippen LogP contribution is -2.04. The Hall–Kier alpha value is -1.64. The van der Waals surface area contributed by atoms with Gasteiger partial charge in [-0.3, -0.25) is 0 Å². The van der Waals surface area contributed by atoms with Crippen molar-refractivity contribution in [2.45, 2.75) is 97.8 Å². The van der Waals surface area contributed by atoms with Gasteiger partial charge in [-0.15, -0.1) is 0 Å². The topological polar surface area (TPSA) is 38.7 Å². The van der Waals surface area contributed by atoms with Gasteiger partial charge in [-0.25, -0.2) is 4.79 Å². The largest absolute Gasteiger partial charge is 0.334 e. The molecule has 0 spiro atoms. The molecule has 152 valence electrons. The molecule has 1 atom stereocenters. The van der Waals surface area contributed by atoms with Gasteiger partial charge in [-0.05, 0) is 31.2 Å². The second kappa shape index (κ2) is 15.4. The van der Waals surface area contributed by atoms with Gasteiger partial charge in [-0.2, -0.15) is 0 Å². The van der Waals surface area contributed by atoms with Gasteiger partial charge in [0.15, 0.2) is 0 Å².